The molecule has 0 unspecified atom stereocenters. The summed E-state index contributed by atoms with van der Waals surface area (Å²) in [5, 5.41) is 11.6. The van der Waals surface area contributed by atoms with Crippen LogP contribution in [-0.4, -0.2) is 78.9 Å². The summed E-state index contributed by atoms with van der Waals surface area (Å²) < 4.78 is 11.6. The van der Waals surface area contributed by atoms with Crippen molar-refractivity contribution in [3.63, 3.8) is 0 Å². The van der Waals surface area contributed by atoms with Crippen LogP contribution < -0.4 is 30.7 Å². The Morgan fingerprint density at radius 1 is 0.959 bits per heavy atom. The van der Waals surface area contributed by atoms with Gasteiger partial charge in [-0.2, -0.15) is 0 Å². The third-order valence-corrected chi connectivity index (χ3v) is 7.91. The second-order valence-electron chi connectivity index (χ2n) is 12.1. The molecule has 12 nitrogen and oxygen atoms in total. The molecule has 0 aliphatic carbocycles. The first-order valence-corrected chi connectivity index (χ1v) is 16.5. The predicted molar refractivity (Wildman–Crippen MR) is 184 cm³/mol. The Morgan fingerprint density at radius 3 is 2.37 bits per heavy atom. The number of amides is 5. The molecule has 49 heavy (non-hydrogen) atoms. The number of nitrogens with zero attached hydrogens (tertiary/aromatic N) is 1. The summed E-state index contributed by atoms with van der Waals surface area (Å²) in [6, 6.07) is 19.6. The summed E-state index contributed by atoms with van der Waals surface area (Å²) in [5.74, 6) is -2.27. The highest BCUT2D eigenvalue weighted by atomic mass is 35.5. The third-order valence-electron chi connectivity index (χ3n) is 7.66. The van der Waals surface area contributed by atoms with Gasteiger partial charge in [0, 0.05) is 11.6 Å². The summed E-state index contributed by atoms with van der Waals surface area (Å²) >= 11 is 5.93. The fourth-order valence-corrected chi connectivity index (χ4v) is 5.20. The molecule has 1 heterocycles. The van der Waals surface area contributed by atoms with Crippen LogP contribution in [0.25, 0.3) is 0 Å². The van der Waals surface area contributed by atoms with Crippen LogP contribution in [0, 0.1) is 5.92 Å². The van der Waals surface area contributed by atoms with Gasteiger partial charge in [-0.15, -0.1) is 0 Å². The van der Waals surface area contributed by atoms with Gasteiger partial charge in [-0.25, -0.2) is 0 Å². The Kier molecular flexibility index (Phi) is 13.4. The van der Waals surface area contributed by atoms with Gasteiger partial charge in [0.15, 0.2) is 0 Å². The highest BCUT2D eigenvalue weighted by Crippen LogP contribution is 2.19. The number of halogens is 1. The number of carbonyl (C=O) groups excluding carboxylic acids is 5. The number of para-hydroxylation sites is 1. The topological polar surface area (TPSA) is 155 Å². The summed E-state index contributed by atoms with van der Waals surface area (Å²) in [6.45, 7) is 5.23. The summed E-state index contributed by atoms with van der Waals surface area (Å²) in [5.41, 5.74) is 0.886. The van der Waals surface area contributed by atoms with E-state index in [0.29, 0.717) is 10.8 Å². The molecular formula is C36H42ClN5O7. The number of rotatable bonds is 8. The fraction of sp³-hybridized carbons (Fsp3) is 0.361. The molecule has 260 valence electrons. The van der Waals surface area contributed by atoms with E-state index in [9.17, 15) is 24.0 Å². The normalized spacial score (nSPS) is 19.4. The monoisotopic (exact) mass is 691 g/mol. The Morgan fingerprint density at radius 2 is 1.65 bits per heavy atom. The van der Waals surface area contributed by atoms with Crippen molar-refractivity contribution in [3.8, 4) is 11.5 Å². The SMILES string of the molecule is CC(C)[C@H]1NC(=O)CN(Cc2ccccc2)C(=O)C[C@@H](C(=O)NCCOc2ccc(Cl)cc2)NC(=O)c2ccccc2OC[C@H](C)NC1=O. The van der Waals surface area contributed by atoms with Crippen LogP contribution in [-0.2, 0) is 25.7 Å². The molecule has 0 radical (unpaired) electrons. The standard InChI is InChI=1S/C36H42ClN5O7/c1-23(2)33-36(47)39-24(3)22-49-30-12-8-7-11-28(30)34(45)40-29(35(46)38-17-18-48-27-15-13-26(37)14-16-27)19-32(44)42(21-31(43)41-33)20-25-9-5-4-6-10-25/h4-16,23-24,29,33H,17-22H2,1-3H3,(H,38,46)(H,39,47)(H,40,45)(H,41,43)/t24-,29-,33+/m0/s1. The molecule has 3 aromatic carbocycles. The molecule has 4 rings (SSSR count). The summed E-state index contributed by atoms with van der Waals surface area (Å²) in [4.78, 5) is 69.0. The van der Waals surface area contributed by atoms with E-state index in [1.54, 1.807) is 63.2 Å². The van der Waals surface area contributed by atoms with Crippen molar-refractivity contribution < 1.29 is 33.4 Å². The van der Waals surface area contributed by atoms with Gasteiger partial charge in [-0.3, -0.25) is 24.0 Å². The molecule has 4 N–H and O–H groups in total. The van der Waals surface area contributed by atoms with Gasteiger partial charge in [0.1, 0.15) is 36.8 Å². The maximum absolute atomic E-state index is 13.9. The van der Waals surface area contributed by atoms with Crippen LogP contribution >= 0.6 is 11.6 Å². The number of fused-ring (bicyclic) bond motifs is 1. The van der Waals surface area contributed by atoms with E-state index >= 15 is 0 Å². The minimum atomic E-state index is -1.31. The Balaban J connectivity index is 1.61. The molecule has 3 atom stereocenters. The lowest BCUT2D eigenvalue weighted by molar-refractivity contribution is -0.139. The molecule has 1 aliphatic rings. The van der Waals surface area contributed by atoms with Crippen LogP contribution in [0.3, 0.4) is 0 Å². The summed E-state index contributed by atoms with van der Waals surface area (Å²) in [7, 11) is 0. The summed E-state index contributed by atoms with van der Waals surface area (Å²) in [6.07, 6.45) is -0.454. The van der Waals surface area contributed by atoms with Crippen LogP contribution in [0.1, 0.15) is 43.1 Å². The van der Waals surface area contributed by atoms with Crippen LogP contribution in [0.4, 0.5) is 0 Å². The quantitative estimate of drug-likeness (QED) is 0.265. The van der Waals surface area contributed by atoms with E-state index in [1.165, 1.54) is 11.0 Å². The smallest absolute Gasteiger partial charge is 0.255 e. The van der Waals surface area contributed by atoms with Gasteiger partial charge in [0.2, 0.25) is 23.6 Å². The van der Waals surface area contributed by atoms with E-state index in [4.69, 9.17) is 21.1 Å². The molecule has 3 aromatic rings. The number of hydrogen-bond donors (Lipinski definition) is 4. The fourth-order valence-electron chi connectivity index (χ4n) is 5.08. The second kappa shape index (κ2) is 17.9. The largest absolute Gasteiger partial charge is 0.492 e. The first-order valence-electron chi connectivity index (χ1n) is 16.1. The number of nitrogens with one attached hydrogen (secondary N) is 4. The van der Waals surface area contributed by atoms with Crippen molar-refractivity contribution in [1.82, 2.24) is 26.2 Å². The lowest BCUT2D eigenvalue weighted by atomic mass is 10.0. The van der Waals surface area contributed by atoms with E-state index in [-0.39, 0.29) is 50.1 Å². The predicted octanol–water partition coefficient (Wildman–Crippen LogP) is 3.09. The van der Waals surface area contributed by atoms with Crippen LogP contribution in [0.2, 0.25) is 5.02 Å². The van der Waals surface area contributed by atoms with Gasteiger partial charge in [0.05, 0.1) is 31.1 Å². The minimum absolute atomic E-state index is 0.0235. The molecule has 1 aliphatic heterocycles. The zero-order valence-corrected chi connectivity index (χ0v) is 28.5. The minimum Gasteiger partial charge on any atom is -0.492 e. The maximum atomic E-state index is 13.9. The van der Waals surface area contributed by atoms with Gasteiger partial charge >= 0.3 is 0 Å². The lowest BCUT2D eigenvalue weighted by Crippen LogP contribution is -2.54. The average molecular weight is 692 g/mol. The van der Waals surface area contributed by atoms with Gasteiger partial charge in [-0.05, 0) is 54.8 Å². The second-order valence-corrected chi connectivity index (χ2v) is 12.5. The Hall–Kier alpha value is -5.10. The van der Waals surface area contributed by atoms with E-state index in [2.05, 4.69) is 21.3 Å². The van der Waals surface area contributed by atoms with E-state index in [0.717, 1.165) is 5.56 Å². The van der Waals surface area contributed by atoms with Crippen molar-refractivity contribution in [2.45, 2.75) is 51.9 Å². The molecule has 0 aromatic heterocycles. The number of ether oxygens (including phenoxy) is 2. The Labute approximate surface area is 290 Å². The van der Waals surface area contributed by atoms with E-state index < -0.39 is 54.1 Å². The molecule has 0 spiro atoms. The van der Waals surface area contributed by atoms with Gasteiger partial charge in [-0.1, -0.05) is 67.9 Å². The molecule has 0 saturated carbocycles. The average Bonchev–Trinajstić information content (AvgIpc) is 3.08. The number of hydrogen-bond acceptors (Lipinski definition) is 7. The first kappa shape index (κ1) is 36.7. The number of benzene rings is 3. The van der Waals surface area contributed by atoms with Crippen molar-refractivity contribution in [2.75, 3.05) is 26.3 Å². The van der Waals surface area contributed by atoms with E-state index in [1.807, 2.05) is 30.3 Å². The lowest BCUT2D eigenvalue weighted by Gasteiger charge is -2.27. The first-order chi connectivity index (χ1) is 23.5. The zero-order valence-electron chi connectivity index (χ0n) is 27.7. The molecule has 0 saturated heterocycles. The van der Waals surface area contributed by atoms with Crippen molar-refractivity contribution in [1.29, 1.82) is 0 Å². The van der Waals surface area contributed by atoms with Crippen molar-refractivity contribution in [2.24, 2.45) is 5.92 Å². The zero-order chi connectivity index (χ0) is 35.3. The van der Waals surface area contributed by atoms with Crippen molar-refractivity contribution in [3.05, 3.63) is 95.0 Å². The van der Waals surface area contributed by atoms with Gasteiger partial charge in [0.25, 0.3) is 5.91 Å². The molecule has 13 heteroatoms. The maximum Gasteiger partial charge on any atom is 0.255 e. The molecule has 0 fully saturated rings. The van der Waals surface area contributed by atoms with Crippen LogP contribution in [0.15, 0.2) is 78.9 Å². The van der Waals surface area contributed by atoms with Gasteiger partial charge < -0.3 is 35.6 Å². The van der Waals surface area contributed by atoms with Crippen molar-refractivity contribution >= 4 is 41.1 Å². The molecule has 5 amide bonds. The highest BCUT2D eigenvalue weighted by Gasteiger charge is 2.31. The molecule has 0 bridgehead atoms. The third kappa shape index (κ3) is 11.2. The van der Waals surface area contributed by atoms with Crippen LogP contribution in [0.5, 0.6) is 11.5 Å². The molecular weight excluding hydrogens is 650 g/mol. The Bertz CT molecular complexity index is 1600. The number of carbonyl (C=O) groups is 5. The highest BCUT2D eigenvalue weighted by molar-refractivity contribution is 6.30.